The van der Waals surface area contributed by atoms with Crippen LogP contribution in [0.5, 0.6) is 0 Å². The third-order valence-corrected chi connectivity index (χ3v) is 3.55. The number of hydrogen-bond donors (Lipinski definition) is 0. The number of rotatable bonds is 4. The molecule has 0 aliphatic carbocycles. The molecule has 106 valence electrons. The van der Waals surface area contributed by atoms with Crippen molar-refractivity contribution < 1.29 is 9.21 Å². The quantitative estimate of drug-likeness (QED) is 0.634. The fourth-order valence-corrected chi connectivity index (χ4v) is 2.54. The average Bonchev–Trinajstić information content (AvgIpc) is 2.38. The SMILES string of the molecule is CCN(CC)c1ccc2c(C)cc(=O)oc2c1C(C)=O. The molecule has 1 aromatic carbocycles. The number of benzene rings is 1. The molecule has 0 spiro atoms. The lowest BCUT2D eigenvalue weighted by Gasteiger charge is -2.24. The van der Waals surface area contributed by atoms with Crippen molar-refractivity contribution in [1.82, 2.24) is 0 Å². The number of carbonyl (C=O) groups is 1. The van der Waals surface area contributed by atoms with E-state index in [0.29, 0.717) is 11.1 Å². The molecule has 2 rings (SSSR count). The van der Waals surface area contributed by atoms with Gasteiger partial charge in [-0.3, -0.25) is 4.79 Å². The van der Waals surface area contributed by atoms with Gasteiger partial charge >= 0.3 is 5.63 Å². The van der Waals surface area contributed by atoms with Crippen LogP contribution >= 0.6 is 0 Å². The highest BCUT2D eigenvalue weighted by Crippen LogP contribution is 2.30. The van der Waals surface area contributed by atoms with Crippen molar-refractivity contribution in [2.45, 2.75) is 27.7 Å². The lowest BCUT2D eigenvalue weighted by atomic mass is 10.0. The molecule has 0 amide bonds. The summed E-state index contributed by atoms with van der Waals surface area (Å²) in [6, 6.07) is 5.29. The molecule has 4 nitrogen and oxygen atoms in total. The fraction of sp³-hybridized carbons (Fsp3) is 0.375. The number of anilines is 1. The molecule has 20 heavy (non-hydrogen) atoms. The third-order valence-electron chi connectivity index (χ3n) is 3.55. The summed E-state index contributed by atoms with van der Waals surface area (Å²) in [5, 5.41) is 0.811. The number of carbonyl (C=O) groups excluding carboxylic acids is 1. The number of nitrogens with zero attached hydrogens (tertiary/aromatic N) is 1. The van der Waals surface area contributed by atoms with Gasteiger partial charge in [0.15, 0.2) is 11.4 Å². The van der Waals surface area contributed by atoms with E-state index < -0.39 is 5.63 Å². The molecule has 4 heteroatoms. The van der Waals surface area contributed by atoms with Crippen molar-refractivity contribution in [3.63, 3.8) is 0 Å². The van der Waals surface area contributed by atoms with Gasteiger partial charge in [-0.25, -0.2) is 4.79 Å². The zero-order chi connectivity index (χ0) is 14.9. The van der Waals surface area contributed by atoms with E-state index in [1.807, 2.05) is 32.9 Å². The Morgan fingerprint density at radius 3 is 2.45 bits per heavy atom. The van der Waals surface area contributed by atoms with Crippen LogP contribution in [0.4, 0.5) is 5.69 Å². The summed E-state index contributed by atoms with van der Waals surface area (Å²) in [7, 11) is 0. The Hall–Kier alpha value is -2.10. The minimum atomic E-state index is -0.422. The number of aryl methyl sites for hydroxylation is 1. The van der Waals surface area contributed by atoms with Crippen molar-refractivity contribution in [2.24, 2.45) is 0 Å². The van der Waals surface area contributed by atoms with Crippen LogP contribution in [-0.4, -0.2) is 18.9 Å². The Morgan fingerprint density at radius 1 is 1.25 bits per heavy atom. The summed E-state index contributed by atoms with van der Waals surface area (Å²) in [4.78, 5) is 25.7. The zero-order valence-corrected chi connectivity index (χ0v) is 12.3. The lowest BCUT2D eigenvalue weighted by molar-refractivity contribution is 0.101. The van der Waals surface area contributed by atoms with E-state index in [1.165, 1.54) is 13.0 Å². The van der Waals surface area contributed by atoms with E-state index in [9.17, 15) is 9.59 Å². The summed E-state index contributed by atoms with van der Waals surface area (Å²) in [6.07, 6.45) is 0. The van der Waals surface area contributed by atoms with Crippen LogP contribution < -0.4 is 10.5 Å². The summed E-state index contributed by atoms with van der Waals surface area (Å²) in [6.45, 7) is 9.00. The molecule has 1 heterocycles. The van der Waals surface area contributed by atoms with Gasteiger partial charge in [0.1, 0.15) is 0 Å². The van der Waals surface area contributed by atoms with Crippen LogP contribution in [0.1, 0.15) is 36.7 Å². The Balaban J connectivity index is 2.88. The molecular weight excluding hydrogens is 254 g/mol. The van der Waals surface area contributed by atoms with Gasteiger partial charge in [-0.1, -0.05) is 0 Å². The normalized spacial score (nSPS) is 10.8. The minimum absolute atomic E-state index is 0.0914. The molecule has 1 aromatic heterocycles. The van der Waals surface area contributed by atoms with Gasteiger partial charge in [0, 0.05) is 24.5 Å². The van der Waals surface area contributed by atoms with Crippen LogP contribution in [0.25, 0.3) is 11.0 Å². The molecule has 0 radical (unpaired) electrons. The Labute approximate surface area is 118 Å². The smallest absolute Gasteiger partial charge is 0.336 e. The third kappa shape index (κ3) is 2.33. The van der Waals surface area contributed by atoms with Crippen LogP contribution in [0.2, 0.25) is 0 Å². The van der Waals surface area contributed by atoms with Crippen molar-refractivity contribution >= 4 is 22.4 Å². The average molecular weight is 273 g/mol. The molecule has 0 bridgehead atoms. The van der Waals surface area contributed by atoms with Gasteiger partial charge in [0.25, 0.3) is 0 Å². The minimum Gasteiger partial charge on any atom is -0.422 e. The molecule has 0 saturated carbocycles. The first-order valence-electron chi connectivity index (χ1n) is 6.82. The monoisotopic (exact) mass is 273 g/mol. The Morgan fingerprint density at radius 2 is 1.90 bits per heavy atom. The molecule has 0 fully saturated rings. The lowest BCUT2D eigenvalue weighted by Crippen LogP contribution is -2.24. The van der Waals surface area contributed by atoms with Crippen LogP contribution in [0.15, 0.2) is 27.4 Å². The van der Waals surface area contributed by atoms with Gasteiger partial charge in [-0.2, -0.15) is 0 Å². The van der Waals surface area contributed by atoms with E-state index in [1.54, 1.807) is 0 Å². The zero-order valence-electron chi connectivity index (χ0n) is 12.3. The first-order valence-corrected chi connectivity index (χ1v) is 6.82. The predicted molar refractivity (Wildman–Crippen MR) is 80.8 cm³/mol. The van der Waals surface area contributed by atoms with Gasteiger partial charge in [0.2, 0.25) is 0 Å². The summed E-state index contributed by atoms with van der Waals surface area (Å²) >= 11 is 0. The van der Waals surface area contributed by atoms with Crippen LogP contribution in [-0.2, 0) is 0 Å². The molecular formula is C16H19NO3. The summed E-state index contributed by atoms with van der Waals surface area (Å²) in [5.41, 5.74) is 2.11. The number of hydrogen-bond acceptors (Lipinski definition) is 4. The number of ketones is 1. The second-order valence-electron chi connectivity index (χ2n) is 4.81. The summed E-state index contributed by atoms with van der Waals surface area (Å²) < 4.78 is 5.31. The van der Waals surface area contributed by atoms with E-state index in [-0.39, 0.29) is 5.78 Å². The van der Waals surface area contributed by atoms with Crippen molar-refractivity contribution in [2.75, 3.05) is 18.0 Å². The highest BCUT2D eigenvalue weighted by atomic mass is 16.4. The topological polar surface area (TPSA) is 50.5 Å². The molecule has 0 unspecified atom stereocenters. The highest BCUT2D eigenvalue weighted by Gasteiger charge is 2.18. The van der Waals surface area contributed by atoms with Crippen molar-refractivity contribution in [1.29, 1.82) is 0 Å². The molecule has 0 N–H and O–H groups in total. The summed E-state index contributed by atoms with van der Waals surface area (Å²) in [5.74, 6) is -0.0914. The fourth-order valence-electron chi connectivity index (χ4n) is 2.54. The Kier molecular flexibility index (Phi) is 3.93. The molecule has 0 aliphatic rings. The number of fused-ring (bicyclic) bond motifs is 1. The predicted octanol–water partition coefficient (Wildman–Crippen LogP) is 3.15. The van der Waals surface area contributed by atoms with Gasteiger partial charge < -0.3 is 9.32 Å². The second kappa shape index (κ2) is 5.49. The van der Waals surface area contributed by atoms with Crippen LogP contribution in [0.3, 0.4) is 0 Å². The Bertz CT molecular complexity index is 711. The molecule has 0 saturated heterocycles. The van der Waals surface area contributed by atoms with Gasteiger partial charge in [-0.05, 0) is 45.4 Å². The second-order valence-corrected chi connectivity index (χ2v) is 4.81. The standard InChI is InChI=1S/C16H19NO3/c1-5-17(6-2)13-8-7-12-10(3)9-14(19)20-16(12)15(13)11(4)18/h7-9H,5-6H2,1-4H3. The maximum Gasteiger partial charge on any atom is 0.336 e. The van der Waals surface area contributed by atoms with E-state index in [4.69, 9.17) is 4.42 Å². The van der Waals surface area contributed by atoms with E-state index in [2.05, 4.69) is 4.90 Å². The highest BCUT2D eigenvalue weighted by molar-refractivity contribution is 6.10. The maximum atomic E-state index is 12.1. The van der Waals surface area contributed by atoms with Gasteiger partial charge in [-0.15, -0.1) is 0 Å². The molecule has 0 atom stereocenters. The van der Waals surface area contributed by atoms with E-state index >= 15 is 0 Å². The molecule has 0 aliphatic heterocycles. The van der Waals surface area contributed by atoms with Gasteiger partial charge in [0.05, 0.1) is 11.3 Å². The largest absolute Gasteiger partial charge is 0.422 e. The van der Waals surface area contributed by atoms with Crippen molar-refractivity contribution in [3.05, 3.63) is 39.7 Å². The van der Waals surface area contributed by atoms with Crippen LogP contribution in [0, 0.1) is 6.92 Å². The maximum absolute atomic E-state index is 12.1. The number of Topliss-reactive ketones (excluding diaryl/α,β-unsaturated/α-hetero) is 1. The molecule has 2 aromatic rings. The first-order chi connectivity index (χ1) is 9.49. The van der Waals surface area contributed by atoms with E-state index in [0.717, 1.165) is 29.7 Å². The van der Waals surface area contributed by atoms with Crippen molar-refractivity contribution in [3.8, 4) is 0 Å². The first kappa shape index (κ1) is 14.3.